The Morgan fingerprint density at radius 3 is 2.28 bits per heavy atom. The van der Waals surface area contributed by atoms with Gasteiger partial charge in [0.25, 0.3) is 0 Å². The molecule has 46 heavy (non-hydrogen) atoms. The average Bonchev–Trinajstić information content (AvgIpc) is 3.62. The lowest BCUT2D eigenvalue weighted by atomic mass is 9.83. The van der Waals surface area contributed by atoms with Crippen LogP contribution in [0.25, 0.3) is 50.6 Å². The third kappa shape index (κ3) is 4.67. The highest BCUT2D eigenvalue weighted by atomic mass is 28.3. The zero-order valence-corrected chi connectivity index (χ0v) is 28.3. The second-order valence-corrected chi connectivity index (χ2v) is 19.6. The van der Waals surface area contributed by atoms with Gasteiger partial charge in [0.1, 0.15) is 5.82 Å². The quantitative estimate of drug-likeness (QED) is 0.200. The third-order valence-electron chi connectivity index (χ3n) is 9.25. The van der Waals surface area contributed by atoms with Crippen molar-refractivity contribution in [2.45, 2.75) is 52.1 Å². The Hall–Kier alpha value is -4.94. The number of hydrogen-bond acceptors (Lipinski definition) is 4. The van der Waals surface area contributed by atoms with Crippen LogP contribution in [0.2, 0.25) is 19.6 Å². The van der Waals surface area contributed by atoms with E-state index in [2.05, 4.69) is 164 Å². The lowest BCUT2D eigenvalue weighted by molar-refractivity contribution is 0.580. The molecule has 1 unspecified atom stereocenters. The summed E-state index contributed by atoms with van der Waals surface area (Å²) >= 11 is 0. The number of nitrogens with zero attached hydrogens (tertiary/aromatic N) is 4. The monoisotopic (exact) mass is 617 g/mol. The van der Waals surface area contributed by atoms with Crippen LogP contribution in [0, 0.1) is 0 Å². The molecule has 2 aliphatic rings. The summed E-state index contributed by atoms with van der Waals surface area (Å²) in [5, 5.41) is 5.39. The molecule has 0 saturated heterocycles. The van der Waals surface area contributed by atoms with E-state index in [-0.39, 0.29) is 11.7 Å². The summed E-state index contributed by atoms with van der Waals surface area (Å²) in [5.41, 5.74) is 12.6. The molecule has 0 spiro atoms. The molecule has 1 N–H and O–H groups in total. The summed E-state index contributed by atoms with van der Waals surface area (Å²) < 4.78 is 2.36. The van der Waals surface area contributed by atoms with Gasteiger partial charge in [-0.3, -0.25) is 9.55 Å². The maximum Gasteiger partial charge on any atom is 0.188 e. The number of rotatable bonds is 4. The predicted molar refractivity (Wildman–Crippen MR) is 195 cm³/mol. The molecule has 2 aromatic heterocycles. The number of para-hydroxylation sites is 3. The van der Waals surface area contributed by atoms with E-state index < -0.39 is 8.07 Å². The van der Waals surface area contributed by atoms with Crippen LogP contribution in [0.15, 0.2) is 115 Å². The van der Waals surface area contributed by atoms with Crippen molar-refractivity contribution in [3.8, 4) is 33.5 Å². The molecule has 0 aliphatic carbocycles. The first-order valence-electron chi connectivity index (χ1n) is 16.1. The molecule has 228 valence electrons. The molecular weight excluding hydrogens is 579 g/mol. The maximum absolute atomic E-state index is 5.07. The fourth-order valence-corrected chi connectivity index (χ4v) is 8.38. The van der Waals surface area contributed by atoms with E-state index in [1.807, 2.05) is 6.20 Å². The summed E-state index contributed by atoms with van der Waals surface area (Å²) in [6.45, 7) is 14.1. The number of aromatic nitrogens is 3. The molecular formula is C40H39N5Si. The maximum atomic E-state index is 5.07. The van der Waals surface area contributed by atoms with Crippen LogP contribution in [0.4, 0.5) is 11.4 Å². The first-order valence-corrected chi connectivity index (χ1v) is 19.6. The molecule has 0 amide bonds. The second-order valence-electron chi connectivity index (χ2n) is 14.5. The number of nitrogens with one attached hydrogen (secondary N) is 1. The summed E-state index contributed by atoms with van der Waals surface area (Å²) in [5.74, 6) is 1.02. The molecule has 0 saturated carbocycles. The van der Waals surface area contributed by atoms with Crippen LogP contribution in [-0.4, -0.2) is 22.6 Å². The molecule has 4 aromatic carbocycles. The Balaban J connectivity index is 1.30. The Morgan fingerprint density at radius 2 is 1.50 bits per heavy atom. The molecule has 1 atom stereocenters. The first-order chi connectivity index (χ1) is 22.1. The van der Waals surface area contributed by atoms with Gasteiger partial charge >= 0.3 is 0 Å². The molecule has 0 radical (unpaired) electrons. The van der Waals surface area contributed by atoms with Gasteiger partial charge in [0.2, 0.25) is 0 Å². The van der Waals surface area contributed by atoms with Crippen molar-refractivity contribution in [3.05, 3.63) is 126 Å². The average molecular weight is 618 g/mol. The normalized spacial score (nSPS) is 15.7. The van der Waals surface area contributed by atoms with Crippen LogP contribution in [0.3, 0.4) is 0 Å². The first kappa shape index (κ1) is 28.5. The fraction of sp³-hybridized carbons (Fsp3) is 0.200. The number of benzene rings is 4. The van der Waals surface area contributed by atoms with E-state index in [9.17, 15) is 0 Å². The van der Waals surface area contributed by atoms with Gasteiger partial charge in [-0.25, -0.2) is 4.98 Å². The number of fused-ring (bicyclic) bond motifs is 7. The fourth-order valence-electron chi connectivity index (χ4n) is 6.85. The van der Waals surface area contributed by atoms with Crippen molar-refractivity contribution in [2.24, 2.45) is 0 Å². The molecule has 6 aromatic rings. The van der Waals surface area contributed by atoms with E-state index >= 15 is 0 Å². The van der Waals surface area contributed by atoms with Crippen molar-refractivity contribution in [2.75, 3.05) is 10.2 Å². The molecule has 8 rings (SSSR count). The standard InChI is InChI=1S/C40H39N5Si/c1-40(2,3)30-22-28(21-29(23-30)33-24-27(19-20-41-33)26-13-8-7-9-14-26)31-15-12-18-35-38(31)43-39-44-34-17-11-10-16-32(34)42-36(44)25-37(45(35)39)46(4,5)6/h7-25,39,43H,1-6H3. The van der Waals surface area contributed by atoms with Gasteiger partial charge in [0.15, 0.2) is 6.29 Å². The minimum absolute atomic E-state index is 0.0387. The van der Waals surface area contributed by atoms with Crippen molar-refractivity contribution in [1.29, 1.82) is 0 Å². The van der Waals surface area contributed by atoms with Gasteiger partial charge in [-0.15, -0.1) is 0 Å². The molecule has 0 fully saturated rings. The second kappa shape index (κ2) is 10.3. The number of imidazole rings is 1. The van der Waals surface area contributed by atoms with E-state index in [1.165, 1.54) is 38.8 Å². The summed E-state index contributed by atoms with van der Waals surface area (Å²) in [7, 11) is -1.76. The van der Waals surface area contributed by atoms with Crippen LogP contribution in [0.5, 0.6) is 0 Å². The van der Waals surface area contributed by atoms with Gasteiger partial charge in [-0.05, 0) is 76.2 Å². The van der Waals surface area contributed by atoms with Gasteiger partial charge in [0, 0.05) is 22.6 Å². The summed E-state index contributed by atoms with van der Waals surface area (Å²) in [6.07, 6.45) is 4.17. The molecule has 5 nitrogen and oxygen atoms in total. The topological polar surface area (TPSA) is 46.0 Å². The summed E-state index contributed by atoms with van der Waals surface area (Å²) in [4.78, 5) is 12.5. The van der Waals surface area contributed by atoms with Crippen LogP contribution in [-0.2, 0) is 5.41 Å². The molecule has 0 bridgehead atoms. The summed E-state index contributed by atoms with van der Waals surface area (Å²) in [6, 6.07) is 37.0. The zero-order valence-electron chi connectivity index (χ0n) is 27.3. The van der Waals surface area contributed by atoms with Crippen molar-refractivity contribution in [1.82, 2.24) is 14.5 Å². The van der Waals surface area contributed by atoms with Gasteiger partial charge in [-0.2, -0.15) is 0 Å². The minimum atomic E-state index is -1.76. The van der Waals surface area contributed by atoms with Gasteiger partial charge in [-0.1, -0.05) is 101 Å². The highest BCUT2D eigenvalue weighted by Crippen LogP contribution is 2.51. The van der Waals surface area contributed by atoms with Crippen molar-refractivity contribution < 1.29 is 0 Å². The zero-order chi connectivity index (χ0) is 31.8. The van der Waals surface area contributed by atoms with Crippen molar-refractivity contribution in [3.63, 3.8) is 0 Å². The van der Waals surface area contributed by atoms with Gasteiger partial charge in [0.05, 0.1) is 36.2 Å². The van der Waals surface area contributed by atoms with Gasteiger partial charge < -0.3 is 10.2 Å². The van der Waals surface area contributed by atoms with E-state index in [1.54, 1.807) is 0 Å². The number of anilines is 2. The van der Waals surface area contributed by atoms with E-state index in [0.29, 0.717) is 0 Å². The number of pyridine rings is 1. The Labute approximate surface area is 272 Å². The lowest BCUT2D eigenvalue weighted by Crippen LogP contribution is -2.44. The van der Waals surface area contributed by atoms with Crippen molar-refractivity contribution >= 4 is 36.6 Å². The molecule has 2 aliphatic heterocycles. The third-order valence-corrected chi connectivity index (χ3v) is 11.2. The molecule has 6 heteroatoms. The Kier molecular flexibility index (Phi) is 6.38. The van der Waals surface area contributed by atoms with E-state index in [4.69, 9.17) is 9.97 Å². The Bertz CT molecular complexity index is 2160. The van der Waals surface area contributed by atoms with Crippen LogP contribution in [0.1, 0.15) is 38.4 Å². The highest BCUT2D eigenvalue weighted by Gasteiger charge is 2.42. The van der Waals surface area contributed by atoms with Crippen LogP contribution < -0.4 is 10.2 Å². The van der Waals surface area contributed by atoms with E-state index in [0.717, 1.165) is 33.8 Å². The smallest absolute Gasteiger partial charge is 0.188 e. The molecule has 4 heterocycles. The number of hydrogen-bond donors (Lipinski definition) is 1. The predicted octanol–water partition coefficient (Wildman–Crippen LogP) is 10.3. The SMILES string of the molecule is CC(C)(C)c1cc(-c2cc(-c3ccccc3)ccn2)cc(-c2cccc3c2NC2N3C([Si](C)(C)C)=Cc3nc4ccccc4n32)c1. The van der Waals surface area contributed by atoms with Crippen LogP contribution >= 0.6 is 0 Å². The minimum Gasteiger partial charge on any atom is -0.345 e. The Morgan fingerprint density at radius 1 is 0.739 bits per heavy atom. The highest BCUT2D eigenvalue weighted by molar-refractivity contribution is 6.84. The largest absolute Gasteiger partial charge is 0.345 e. The lowest BCUT2D eigenvalue weighted by Gasteiger charge is -2.39.